The summed E-state index contributed by atoms with van der Waals surface area (Å²) in [4.78, 5) is 23.2. The third kappa shape index (κ3) is 3.47. The van der Waals surface area contributed by atoms with Crippen molar-refractivity contribution in [1.29, 1.82) is 0 Å². The molecule has 0 bridgehead atoms. The number of hydrogen-bond donors (Lipinski definition) is 2. The van der Waals surface area contributed by atoms with Gasteiger partial charge in [0.25, 0.3) is 5.91 Å². The number of aromatic carboxylic acids is 1. The summed E-state index contributed by atoms with van der Waals surface area (Å²) in [7, 11) is 0. The zero-order chi connectivity index (χ0) is 14.0. The average Bonchev–Trinajstić information content (AvgIpc) is 2.75. The fraction of sp³-hybridized carbons (Fsp3) is 0. The zero-order valence-corrected chi connectivity index (χ0v) is 11.6. The number of rotatable bonds is 3. The molecule has 0 saturated heterocycles. The molecular weight excluding hydrogens is 309 g/mol. The molecule has 1 heterocycles. The van der Waals surface area contributed by atoms with Crippen molar-refractivity contribution in [3.63, 3.8) is 0 Å². The van der Waals surface area contributed by atoms with Gasteiger partial charge in [0.1, 0.15) is 0 Å². The number of thiophene rings is 1. The van der Waals surface area contributed by atoms with Gasteiger partial charge in [0.05, 0.1) is 14.8 Å². The van der Waals surface area contributed by atoms with Crippen LogP contribution in [0.25, 0.3) is 0 Å². The van der Waals surface area contributed by atoms with Crippen LogP contribution in [0.3, 0.4) is 0 Å². The van der Waals surface area contributed by atoms with Crippen LogP contribution in [-0.4, -0.2) is 17.0 Å². The monoisotopic (exact) mass is 315 g/mol. The van der Waals surface area contributed by atoms with E-state index >= 15 is 0 Å². The number of carboxylic acid groups (broad SMARTS) is 1. The Morgan fingerprint density at radius 2 is 1.89 bits per heavy atom. The molecular formula is C12H7Cl2NO3S. The van der Waals surface area contributed by atoms with Crippen molar-refractivity contribution in [2.75, 3.05) is 5.32 Å². The Morgan fingerprint density at radius 3 is 2.47 bits per heavy atom. The first-order chi connectivity index (χ1) is 8.95. The fourth-order valence-corrected chi connectivity index (χ4v) is 2.59. The van der Waals surface area contributed by atoms with Gasteiger partial charge < -0.3 is 10.4 Å². The molecule has 7 heteroatoms. The Bertz CT molecular complexity index is 654. The minimum atomic E-state index is -1.11. The first-order valence-corrected chi connectivity index (χ1v) is 6.63. The highest BCUT2D eigenvalue weighted by molar-refractivity contribution is 7.18. The molecule has 2 aromatic rings. The van der Waals surface area contributed by atoms with E-state index < -0.39 is 5.97 Å². The summed E-state index contributed by atoms with van der Waals surface area (Å²) in [5.74, 6) is -1.48. The van der Waals surface area contributed by atoms with Gasteiger partial charge in [0.15, 0.2) is 0 Å². The molecule has 0 aliphatic heterocycles. The molecule has 0 unspecified atom stereocenters. The van der Waals surface area contributed by atoms with Crippen LogP contribution < -0.4 is 5.32 Å². The molecule has 0 spiro atoms. The predicted molar refractivity (Wildman–Crippen MR) is 75.7 cm³/mol. The minimum Gasteiger partial charge on any atom is -0.478 e. The van der Waals surface area contributed by atoms with Gasteiger partial charge in [-0.1, -0.05) is 23.2 Å². The van der Waals surface area contributed by atoms with Crippen LogP contribution in [0.5, 0.6) is 0 Å². The van der Waals surface area contributed by atoms with E-state index in [9.17, 15) is 9.59 Å². The lowest BCUT2D eigenvalue weighted by atomic mass is 10.2. The van der Waals surface area contributed by atoms with Crippen molar-refractivity contribution < 1.29 is 14.7 Å². The maximum atomic E-state index is 11.9. The SMILES string of the molecule is O=C(O)c1cc(Cl)cc(NC(=O)c2ccc(Cl)s2)c1. The highest BCUT2D eigenvalue weighted by Gasteiger charge is 2.11. The first-order valence-electron chi connectivity index (χ1n) is 5.06. The van der Waals surface area contributed by atoms with Crippen molar-refractivity contribution in [2.45, 2.75) is 0 Å². The first kappa shape index (κ1) is 13.9. The number of amides is 1. The molecule has 1 amide bonds. The number of halogens is 2. The lowest BCUT2D eigenvalue weighted by molar-refractivity contribution is 0.0696. The molecule has 2 N–H and O–H groups in total. The Hall–Kier alpha value is -1.56. The summed E-state index contributed by atoms with van der Waals surface area (Å²) in [6, 6.07) is 7.32. The van der Waals surface area contributed by atoms with Crippen molar-refractivity contribution in [1.82, 2.24) is 0 Å². The van der Waals surface area contributed by atoms with Crippen molar-refractivity contribution >= 4 is 52.1 Å². The van der Waals surface area contributed by atoms with Gasteiger partial charge in [0.2, 0.25) is 0 Å². The average molecular weight is 316 g/mol. The molecule has 1 aromatic carbocycles. The number of nitrogens with one attached hydrogen (secondary N) is 1. The quantitative estimate of drug-likeness (QED) is 0.899. The second-order valence-electron chi connectivity index (χ2n) is 3.59. The minimum absolute atomic E-state index is 0.00649. The zero-order valence-electron chi connectivity index (χ0n) is 9.31. The Labute approximate surface area is 122 Å². The molecule has 0 saturated carbocycles. The highest BCUT2D eigenvalue weighted by Crippen LogP contribution is 2.24. The number of carbonyl (C=O) groups is 2. The second-order valence-corrected chi connectivity index (χ2v) is 5.74. The van der Waals surface area contributed by atoms with E-state index in [1.807, 2.05) is 0 Å². The van der Waals surface area contributed by atoms with Crippen LogP contribution >= 0.6 is 34.5 Å². The summed E-state index contributed by atoms with van der Waals surface area (Å²) in [5.41, 5.74) is 0.325. The van der Waals surface area contributed by atoms with Gasteiger partial charge in [-0.3, -0.25) is 4.79 Å². The van der Waals surface area contributed by atoms with E-state index in [4.69, 9.17) is 28.3 Å². The van der Waals surface area contributed by atoms with Gasteiger partial charge in [-0.25, -0.2) is 4.79 Å². The van der Waals surface area contributed by atoms with E-state index in [-0.39, 0.29) is 16.5 Å². The number of benzene rings is 1. The summed E-state index contributed by atoms with van der Waals surface area (Å²) >= 11 is 12.7. The van der Waals surface area contributed by atoms with E-state index in [0.717, 1.165) is 11.3 Å². The molecule has 0 radical (unpaired) electrons. The molecule has 4 nitrogen and oxygen atoms in total. The second kappa shape index (κ2) is 5.61. The molecule has 0 atom stereocenters. The van der Waals surface area contributed by atoms with E-state index in [2.05, 4.69) is 5.32 Å². The number of carbonyl (C=O) groups excluding carboxylic acids is 1. The van der Waals surface area contributed by atoms with Crippen molar-refractivity contribution in [3.05, 3.63) is 50.1 Å². The summed E-state index contributed by atoms with van der Waals surface area (Å²) < 4.78 is 0.502. The summed E-state index contributed by atoms with van der Waals surface area (Å²) in [5, 5.41) is 11.7. The topological polar surface area (TPSA) is 66.4 Å². The number of carboxylic acids is 1. The van der Waals surface area contributed by atoms with Crippen LogP contribution in [0, 0.1) is 0 Å². The molecule has 0 fully saturated rings. The van der Waals surface area contributed by atoms with Crippen LogP contribution in [0.4, 0.5) is 5.69 Å². The van der Waals surface area contributed by atoms with Gasteiger partial charge in [-0.15, -0.1) is 11.3 Å². The van der Waals surface area contributed by atoms with Gasteiger partial charge >= 0.3 is 5.97 Å². The van der Waals surface area contributed by atoms with Crippen LogP contribution in [0.2, 0.25) is 9.36 Å². The Balaban J connectivity index is 2.23. The normalized spacial score (nSPS) is 10.2. The van der Waals surface area contributed by atoms with Crippen LogP contribution in [0.1, 0.15) is 20.0 Å². The van der Waals surface area contributed by atoms with Gasteiger partial charge in [0, 0.05) is 10.7 Å². The molecule has 19 heavy (non-hydrogen) atoms. The summed E-state index contributed by atoms with van der Waals surface area (Å²) in [6.45, 7) is 0. The molecule has 1 aromatic heterocycles. The third-order valence-electron chi connectivity index (χ3n) is 2.20. The molecule has 98 valence electrons. The van der Waals surface area contributed by atoms with Crippen LogP contribution in [-0.2, 0) is 0 Å². The smallest absolute Gasteiger partial charge is 0.335 e. The fourth-order valence-electron chi connectivity index (χ4n) is 1.41. The van der Waals surface area contributed by atoms with Crippen LogP contribution in [0.15, 0.2) is 30.3 Å². The maximum absolute atomic E-state index is 11.9. The lowest BCUT2D eigenvalue weighted by Crippen LogP contribution is -2.10. The Kier molecular flexibility index (Phi) is 4.09. The summed E-state index contributed by atoms with van der Waals surface area (Å²) in [6.07, 6.45) is 0. The largest absolute Gasteiger partial charge is 0.478 e. The van der Waals surface area contributed by atoms with Gasteiger partial charge in [-0.2, -0.15) is 0 Å². The van der Waals surface area contributed by atoms with Gasteiger partial charge in [-0.05, 0) is 30.3 Å². The predicted octanol–water partition coefficient (Wildman–Crippen LogP) is 4.01. The highest BCUT2D eigenvalue weighted by atomic mass is 35.5. The van der Waals surface area contributed by atoms with E-state index in [1.54, 1.807) is 12.1 Å². The molecule has 0 aliphatic carbocycles. The van der Waals surface area contributed by atoms with Crippen molar-refractivity contribution in [2.24, 2.45) is 0 Å². The molecule has 2 rings (SSSR count). The number of hydrogen-bond acceptors (Lipinski definition) is 3. The molecule has 0 aliphatic rings. The number of anilines is 1. The lowest BCUT2D eigenvalue weighted by Gasteiger charge is -2.05. The third-order valence-corrected chi connectivity index (χ3v) is 3.65. The Morgan fingerprint density at radius 1 is 1.16 bits per heavy atom. The standard InChI is InChI=1S/C12H7Cl2NO3S/c13-7-3-6(12(17)18)4-8(5-7)15-11(16)9-1-2-10(14)19-9/h1-5H,(H,15,16)(H,17,18). The van der Waals surface area contributed by atoms with E-state index in [1.165, 1.54) is 18.2 Å². The van der Waals surface area contributed by atoms with E-state index in [0.29, 0.717) is 14.9 Å². The maximum Gasteiger partial charge on any atom is 0.335 e. The van der Waals surface area contributed by atoms with Crippen molar-refractivity contribution in [3.8, 4) is 0 Å².